The maximum absolute atomic E-state index is 6.65. The Balaban J connectivity index is 1.97. The molecule has 1 aliphatic heterocycles. The molecule has 3 nitrogen and oxygen atoms in total. The van der Waals surface area contributed by atoms with Crippen LogP contribution in [0, 0.1) is 17.8 Å². The molecule has 1 aliphatic rings. The highest BCUT2D eigenvalue weighted by Gasteiger charge is 2.50. The van der Waals surface area contributed by atoms with Crippen molar-refractivity contribution in [2.24, 2.45) is 17.8 Å². The summed E-state index contributed by atoms with van der Waals surface area (Å²) >= 11 is 6.57. The van der Waals surface area contributed by atoms with Crippen LogP contribution in [0.1, 0.15) is 50.8 Å². The fraction of sp³-hybridized carbons (Fsp3) is 0.520. The van der Waals surface area contributed by atoms with Gasteiger partial charge in [-0.15, -0.1) is 0 Å². The van der Waals surface area contributed by atoms with Crippen LogP contribution in [0.25, 0.3) is 0 Å². The Morgan fingerprint density at radius 2 is 1.69 bits per heavy atom. The number of benzene rings is 2. The largest absolute Gasteiger partial charge is 0.497 e. The van der Waals surface area contributed by atoms with Crippen molar-refractivity contribution in [1.82, 2.24) is 0 Å². The first-order chi connectivity index (χ1) is 13.9. The minimum Gasteiger partial charge on any atom is -0.497 e. The summed E-state index contributed by atoms with van der Waals surface area (Å²) in [4.78, 5) is 0. The van der Waals surface area contributed by atoms with Crippen LogP contribution in [-0.4, -0.2) is 20.3 Å². The molecule has 5 atom stereocenters. The van der Waals surface area contributed by atoms with Gasteiger partial charge in [0.25, 0.3) is 0 Å². The molecule has 29 heavy (non-hydrogen) atoms. The lowest BCUT2D eigenvalue weighted by Crippen LogP contribution is -2.52. The summed E-state index contributed by atoms with van der Waals surface area (Å²) in [5, 5.41) is 0.757. The summed E-state index contributed by atoms with van der Waals surface area (Å²) in [6.45, 7) is 9.00. The zero-order chi connectivity index (χ0) is 21.2. The molecule has 2 aromatic carbocycles. The van der Waals surface area contributed by atoms with E-state index in [2.05, 4.69) is 52.0 Å². The molecule has 1 heterocycles. The summed E-state index contributed by atoms with van der Waals surface area (Å²) in [5.41, 5.74) is 3.29. The number of hydrogen-bond acceptors (Lipinski definition) is 3. The molecule has 0 amide bonds. The van der Waals surface area contributed by atoms with Crippen LogP contribution in [0.2, 0.25) is 5.02 Å². The van der Waals surface area contributed by atoms with E-state index in [1.54, 1.807) is 14.2 Å². The van der Waals surface area contributed by atoms with Gasteiger partial charge in [-0.05, 0) is 60.1 Å². The van der Waals surface area contributed by atoms with E-state index in [-0.39, 0.29) is 12.0 Å². The van der Waals surface area contributed by atoms with Crippen LogP contribution in [0.3, 0.4) is 0 Å². The molecular weight excluding hydrogens is 384 g/mol. The summed E-state index contributed by atoms with van der Waals surface area (Å²) in [6.07, 6.45) is 1.88. The maximum Gasteiger partial charge on any atom is 0.197 e. The number of halogens is 1. The van der Waals surface area contributed by atoms with E-state index < -0.39 is 5.79 Å². The van der Waals surface area contributed by atoms with E-state index in [4.69, 9.17) is 25.8 Å². The van der Waals surface area contributed by atoms with Crippen molar-refractivity contribution in [3.05, 3.63) is 64.2 Å². The van der Waals surface area contributed by atoms with Gasteiger partial charge >= 0.3 is 0 Å². The third kappa shape index (κ3) is 4.19. The van der Waals surface area contributed by atoms with Crippen molar-refractivity contribution in [1.29, 1.82) is 0 Å². The third-order valence-electron chi connectivity index (χ3n) is 6.84. The molecule has 0 aromatic heterocycles. The van der Waals surface area contributed by atoms with Crippen molar-refractivity contribution in [3.8, 4) is 5.75 Å². The molecule has 4 heteroatoms. The highest BCUT2D eigenvalue weighted by atomic mass is 35.5. The Bertz CT molecular complexity index is 817. The normalized spacial score (nSPS) is 29.6. The Morgan fingerprint density at radius 3 is 2.28 bits per heavy atom. The fourth-order valence-corrected chi connectivity index (χ4v) is 4.79. The zero-order valence-corrected chi connectivity index (χ0v) is 19.1. The molecule has 2 aromatic rings. The molecule has 0 N–H and O–H groups in total. The van der Waals surface area contributed by atoms with Crippen LogP contribution in [0.4, 0.5) is 0 Å². The molecular formula is C25H33ClO3. The predicted molar refractivity (Wildman–Crippen MR) is 119 cm³/mol. The van der Waals surface area contributed by atoms with Gasteiger partial charge in [0.15, 0.2) is 5.79 Å². The van der Waals surface area contributed by atoms with Gasteiger partial charge < -0.3 is 14.2 Å². The molecule has 0 saturated carbocycles. The van der Waals surface area contributed by atoms with Crippen LogP contribution >= 0.6 is 11.6 Å². The average molecular weight is 417 g/mol. The van der Waals surface area contributed by atoms with E-state index >= 15 is 0 Å². The standard InChI is InChI=1S/C25H33ClO3/c1-7-24-17(3)16(2)18(4)25(28-6,29-24)21-10-13-23(26)20(15-21)14-19-8-11-22(27-5)12-9-19/h8-13,15-18,24H,7,14H2,1-6H3/t16-,17-,18+,24+,25+/m0/s1. The Labute approximate surface area is 180 Å². The van der Waals surface area contributed by atoms with Crippen LogP contribution < -0.4 is 4.74 Å². The molecule has 1 saturated heterocycles. The van der Waals surface area contributed by atoms with Gasteiger partial charge in [-0.2, -0.15) is 0 Å². The summed E-state index contributed by atoms with van der Waals surface area (Å²) in [6, 6.07) is 14.3. The lowest BCUT2D eigenvalue weighted by Gasteiger charge is -2.51. The minimum atomic E-state index is -0.758. The molecule has 0 unspecified atom stereocenters. The van der Waals surface area contributed by atoms with Crippen LogP contribution in [-0.2, 0) is 21.7 Å². The average Bonchev–Trinajstić information content (AvgIpc) is 2.75. The lowest BCUT2D eigenvalue weighted by molar-refractivity contribution is -0.328. The maximum atomic E-state index is 6.65. The Morgan fingerprint density at radius 1 is 1.00 bits per heavy atom. The van der Waals surface area contributed by atoms with Gasteiger partial charge in [-0.1, -0.05) is 57.5 Å². The van der Waals surface area contributed by atoms with Crippen LogP contribution in [0.15, 0.2) is 42.5 Å². The third-order valence-corrected chi connectivity index (χ3v) is 7.21. The number of rotatable bonds is 6. The van der Waals surface area contributed by atoms with Gasteiger partial charge in [0, 0.05) is 23.6 Å². The monoisotopic (exact) mass is 416 g/mol. The first-order valence-electron chi connectivity index (χ1n) is 10.5. The highest BCUT2D eigenvalue weighted by molar-refractivity contribution is 6.31. The zero-order valence-electron chi connectivity index (χ0n) is 18.4. The first-order valence-corrected chi connectivity index (χ1v) is 10.9. The van der Waals surface area contributed by atoms with Crippen molar-refractivity contribution < 1.29 is 14.2 Å². The number of methoxy groups -OCH3 is 2. The van der Waals surface area contributed by atoms with E-state index in [9.17, 15) is 0 Å². The fourth-order valence-electron chi connectivity index (χ4n) is 4.61. The first kappa shape index (κ1) is 22.1. The molecule has 3 rings (SSSR count). The van der Waals surface area contributed by atoms with E-state index in [1.165, 1.54) is 5.56 Å². The second kappa shape index (κ2) is 9.07. The van der Waals surface area contributed by atoms with Gasteiger partial charge in [-0.3, -0.25) is 0 Å². The molecule has 1 fully saturated rings. The minimum absolute atomic E-state index is 0.168. The summed E-state index contributed by atoms with van der Waals surface area (Å²) < 4.78 is 18.0. The van der Waals surface area contributed by atoms with Gasteiger partial charge in [0.2, 0.25) is 0 Å². The van der Waals surface area contributed by atoms with E-state index in [0.29, 0.717) is 11.8 Å². The number of ether oxygens (including phenoxy) is 3. The predicted octanol–water partition coefficient (Wildman–Crippen LogP) is 6.46. The van der Waals surface area contributed by atoms with E-state index in [1.807, 2.05) is 18.2 Å². The van der Waals surface area contributed by atoms with Crippen LogP contribution in [0.5, 0.6) is 5.75 Å². The SMILES string of the molecule is CC[C@H]1O[C@@](OC)(c2ccc(Cl)c(Cc3ccc(OC)cc3)c2)[C@H](C)[C@@H](C)[C@@H]1C. The second-order valence-corrected chi connectivity index (χ2v) is 8.68. The second-order valence-electron chi connectivity index (χ2n) is 8.27. The molecule has 0 radical (unpaired) electrons. The van der Waals surface area contributed by atoms with E-state index in [0.717, 1.165) is 34.7 Å². The smallest absolute Gasteiger partial charge is 0.197 e. The van der Waals surface area contributed by atoms with Gasteiger partial charge in [0.1, 0.15) is 5.75 Å². The quantitative estimate of drug-likeness (QED) is 0.541. The van der Waals surface area contributed by atoms with Crippen molar-refractivity contribution in [3.63, 3.8) is 0 Å². The molecule has 0 aliphatic carbocycles. The molecule has 158 valence electrons. The molecule has 0 spiro atoms. The van der Waals surface area contributed by atoms with Gasteiger partial charge in [-0.25, -0.2) is 0 Å². The summed E-state index contributed by atoms with van der Waals surface area (Å²) in [5.74, 6) is 1.29. The highest BCUT2D eigenvalue weighted by Crippen LogP contribution is 2.49. The lowest BCUT2D eigenvalue weighted by atomic mass is 9.72. The Hall–Kier alpha value is -1.55. The summed E-state index contributed by atoms with van der Waals surface area (Å²) in [7, 11) is 3.43. The van der Waals surface area contributed by atoms with Crippen molar-refractivity contribution in [2.45, 2.75) is 52.4 Å². The molecule has 0 bridgehead atoms. The van der Waals surface area contributed by atoms with Crippen molar-refractivity contribution in [2.75, 3.05) is 14.2 Å². The Kier molecular flexibility index (Phi) is 6.93. The number of hydrogen-bond donors (Lipinski definition) is 0. The van der Waals surface area contributed by atoms with Gasteiger partial charge in [0.05, 0.1) is 13.2 Å². The van der Waals surface area contributed by atoms with Crippen molar-refractivity contribution >= 4 is 11.6 Å². The topological polar surface area (TPSA) is 27.7 Å².